The van der Waals surface area contributed by atoms with Crippen LogP contribution in [-0.2, 0) is 14.3 Å². The number of carbonyl (C=O) groups is 2. The van der Waals surface area contributed by atoms with Gasteiger partial charge in [-0.2, -0.15) is 0 Å². The summed E-state index contributed by atoms with van der Waals surface area (Å²) >= 11 is 5.73. The number of hydrogen-bond donors (Lipinski definition) is 1. The highest BCUT2D eigenvalue weighted by atomic mass is 35.5. The molecule has 0 unspecified atom stereocenters. The number of aliphatic carboxylic acids is 1. The number of amides is 1. The topological polar surface area (TPSA) is 76.1 Å². The van der Waals surface area contributed by atoms with E-state index in [0.717, 1.165) is 36.6 Å². The van der Waals surface area contributed by atoms with Crippen LogP contribution in [0, 0.1) is 17.6 Å². The molecule has 0 aliphatic heterocycles. The van der Waals surface area contributed by atoms with E-state index in [1.54, 1.807) is 6.07 Å². The van der Waals surface area contributed by atoms with Crippen LogP contribution in [0.5, 0.6) is 0 Å². The molecule has 1 aliphatic carbocycles. The number of carboxylic acids is 1. The Labute approximate surface area is 190 Å². The molecule has 9 heteroatoms. The predicted molar refractivity (Wildman–Crippen MR) is 117 cm³/mol. The number of carbonyl (C=O) groups excluding carboxylic acids is 1. The Bertz CT molecular complexity index is 906. The lowest BCUT2D eigenvalue weighted by Crippen LogP contribution is -2.29. The molecular weight excluding hydrogens is 444 g/mol. The summed E-state index contributed by atoms with van der Waals surface area (Å²) in [5.74, 6) is -1.76. The minimum atomic E-state index is -0.933. The van der Waals surface area contributed by atoms with E-state index in [0.29, 0.717) is 12.5 Å². The minimum Gasteiger partial charge on any atom is -0.480 e. The molecule has 1 aliphatic rings. The molecule has 0 saturated heterocycles. The van der Waals surface area contributed by atoms with Gasteiger partial charge in [0.15, 0.2) is 0 Å². The van der Waals surface area contributed by atoms with Gasteiger partial charge in [0.2, 0.25) is 0 Å². The number of halogens is 3. The van der Waals surface area contributed by atoms with Gasteiger partial charge in [-0.05, 0) is 55.2 Å². The molecule has 1 fully saturated rings. The standard InChI is InChI=1S/C20H20ClF2NO2.C3H6O3/c21-18-10-9-17(12-19(18)23)24(16-8-4-7-15(22)11-16)20(25)26-13-14-5-2-1-3-6-14;1-6-2-3(4)5/h4,7-12,14H,1-3,5-6,13H2;2H2,1H3,(H,4,5). The van der Waals surface area contributed by atoms with Crippen LogP contribution in [0.1, 0.15) is 32.1 Å². The monoisotopic (exact) mass is 469 g/mol. The van der Waals surface area contributed by atoms with E-state index in [1.165, 1.54) is 43.9 Å². The molecular formula is C23H26ClF2NO5. The zero-order valence-corrected chi connectivity index (χ0v) is 18.5. The number of hydrogen-bond acceptors (Lipinski definition) is 4. The lowest BCUT2D eigenvalue weighted by molar-refractivity contribution is -0.141. The van der Waals surface area contributed by atoms with Gasteiger partial charge < -0.3 is 14.6 Å². The first-order valence-electron chi connectivity index (χ1n) is 10.2. The first-order chi connectivity index (χ1) is 15.3. The lowest BCUT2D eigenvalue weighted by atomic mass is 9.90. The van der Waals surface area contributed by atoms with Gasteiger partial charge in [0.1, 0.15) is 18.2 Å². The van der Waals surface area contributed by atoms with Crippen LogP contribution in [0.4, 0.5) is 25.0 Å². The average Bonchev–Trinajstić information content (AvgIpc) is 2.76. The molecule has 0 spiro atoms. The number of carboxylic acid groups (broad SMARTS) is 1. The van der Waals surface area contributed by atoms with Crippen LogP contribution in [0.3, 0.4) is 0 Å². The summed E-state index contributed by atoms with van der Waals surface area (Å²) in [5, 5.41) is 7.74. The van der Waals surface area contributed by atoms with Gasteiger partial charge in [-0.3, -0.25) is 0 Å². The minimum absolute atomic E-state index is 0.0523. The molecule has 0 atom stereocenters. The highest BCUT2D eigenvalue weighted by Gasteiger charge is 2.23. The number of anilines is 2. The molecule has 6 nitrogen and oxygen atoms in total. The second-order valence-electron chi connectivity index (χ2n) is 7.32. The Morgan fingerprint density at radius 1 is 1.09 bits per heavy atom. The third kappa shape index (κ3) is 8.09. The van der Waals surface area contributed by atoms with Gasteiger partial charge in [0.25, 0.3) is 0 Å². The summed E-state index contributed by atoms with van der Waals surface area (Å²) in [6.07, 6.45) is 4.88. The van der Waals surface area contributed by atoms with E-state index in [-0.39, 0.29) is 23.0 Å². The van der Waals surface area contributed by atoms with Crippen molar-refractivity contribution in [2.75, 3.05) is 25.2 Å². The smallest absolute Gasteiger partial charge is 0.418 e. The Balaban J connectivity index is 0.000000534. The average molecular weight is 470 g/mol. The van der Waals surface area contributed by atoms with Crippen molar-refractivity contribution in [3.8, 4) is 0 Å². The van der Waals surface area contributed by atoms with Crippen LogP contribution in [0.25, 0.3) is 0 Å². The molecule has 0 radical (unpaired) electrons. The highest BCUT2D eigenvalue weighted by molar-refractivity contribution is 6.30. The molecule has 1 amide bonds. The predicted octanol–water partition coefficient (Wildman–Crippen LogP) is 6.19. The molecule has 1 N–H and O–H groups in total. The Morgan fingerprint density at radius 2 is 1.78 bits per heavy atom. The maximum absolute atomic E-state index is 13.9. The first kappa shape index (κ1) is 25.5. The van der Waals surface area contributed by atoms with Crippen LogP contribution in [0.2, 0.25) is 5.02 Å². The van der Waals surface area contributed by atoms with Crippen molar-refractivity contribution in [1.29, 1.82) is 0 Å². The van der Waals surface area contributed by atoms with Crippen molar-refractivity contribution in [1.82, 2.24) is 0 Å². The van der Waals surface area contributed by atoms with Crippen molar-refractivity contribution >= 4 is 35.0 Å². The third-order valence-electron chi connectivity index (χ3n) is 4.85. The summed E-state index contributed by atoms with van der Waals surface area (Å²) < 4.78 is 37.2. The Hall–Kier alpha value is -2.71. The Kier molecular flexibility index (Phi) is 10.4. The van der Waals surface area contributed by atoms with Crippen molar-refractivity contribution in [3.05, 3.63) is 59.1 Å². The SMILES string of the molecule is COCC(=O)O.O=C(OCC1CCCCC1)N(c1cccc(F)c1)c1ccc(Cl)c(F)c1. The van der Waals surface area contributed by atoms with Crippen molar-refractivity contribution in [3.63, 3.8) is 0 Å². The molecule has 0 aromatic heterocycles. The first-order valence-corrected chi connectivity index (χ1v) is 10.6. The number of methoxy groups -OCH3 is 1. The Morgan fingerprint density at radius 3 is 2.34 bits per heavy atom. The van der Waals surface area contributed by atoms with E-state index < -0.39 is 23.7 Å². The zero-order valence-electron chi connectivity index (χ0n) is 17.7. The molecule has 0 heterocycles. The number of benzene rings is 2. The fraction of sp³-hybridized carbons (Fsp3) is 0.391. The summed E-state index contributed by atoms with van der Waals surface area (Å²) in [5.41, 5.74) is 0.492. The van der Waals surface area contributed by atoms with Crippen LogP contribution in [0.15, 0.2) is 42.5 Å². The molecule has 3 rings (SSSR count). The molecule has 2 aromatic carbocycles. The fourth-order valence-corrected chi connectivity index (χ4v) is 3.45. The van der Waals surface area contributed by atoms with Gasteiger partial charge in [-0.15, -0.1) is 0 Å². The molecule has 32 heavy (non-hydrogen) atoms. The quantitative estimate of drug-likeness (QED) is 0.545. The van der Waals surface area contributed by atoms with Gasteiger partial charge in [-0.1, -0.05) is 36.9 Å². The van der Waals surface area contributed by atoms with Gasteiger partial charge in [0.05, 0.1) is 23.0 Å². The molecule has 1 saturated carbocycles. The summed E-state index contributed by atoms with van der Waals surface area (Å²) in [7, 11) is 1.34. The van der Waals surface area contributed by atoms with Crippen LogP contribution < -0.4 is 4.90 Å². The van der Waals surface area contributed by atoms with E-state index in [9.17, 15) is 18.4 Å². The second kappa shape index (κ2) is 13.0. The van der Waals surface area contributed by atoms with E-state index in [4.69, 9.17) is 21.4 Å². The summed E-state index contributed by atoms with van der Waals surface area (Å²) in [6, 6.07) is 9.52. The fourth-order valence-electron chi connectivity index (χ4n) is 3.33. The van der Waals surface area contributed by atoms with E-state index in [1.807, 2.05) is 0 Å². The summed E-state index contributed by atoms with van der Waals surface area (Å²) in [4.78, 5) is 23.4. The lowest BCUT2D eigenvalue weighted by Gasteiger charge is -2.25. The zero-order chi connectivity index (χ0) is 23.5. The molecule has 0 bridgehead atoms. The molecule has 2 aromatic rings. The number of nitrogens with zero attached hydrogens (tertiary/aromatic N) is 1. The van der Waals surface area contributed by atoms with E-state index in [2.05, 4.69) is 4.74 Å². The summed E-state index contributed by atoms with van der Waals surface area (Å²) in [6.45, 7) is 0.0979. The van der Waals surface area contributed by atoms with Crippen molar-refractivity contribution < 1.29 is 33.0 Å². The normalized spacial score (nSPS) is 13.6. The van der Waals surface area contributed by atoms with Crippen LogP contribution in [-0.4, -0.2) is 37.5 Å². The second-order valence-corrected chi connectivity index (χ2v) is 7.73. The highest BCUT2D eigenvalue weighted by Crippen LogP contribution is 2.30. The van der Waals surface area contributed by atoms with Crippen molar-refractivity contribution in [2.24, 2.45) is 5.92 Å². The van der Waals surface area contributed by atoms with Gasteiger partial charge in [0, 0.05) is 7.11 Å². The number of rotatable bonds is 6. The van der Waals surface area contributed by atoms with Gasteiger partial charge in [-0.25, -0.2) is 23.3 Å². The van der Waals surface area contributed by atoms with E-state index >= 15 is 0 Å². The third-order valence-corrected chi connectivity index (χ3v) is 5.15. The number of ether oxygens (including phenoxy) is 2. The van der Waals surface area contributed by atoms with Gasteiger partial charge >= 0.3 is 12.1 Å². The van der Waals surface area contributed by atoms with Crippen LogP contribution >= 0.6 is 11.6 Å². The molecule has 174 valence electrons. The maximum Gasteiger partial charge on any atom is 0.418 e. The van der Waals surface area contributed by atoms with Crippen molar-refractivity contribution in [2.45, 2.75) is 32.1 Å². The maximum atomic E-state index is 13.9. The largest absolute Gasteiger partial charge is 0.480 e.